The van der Waals surface area contributed by atoms with Crippen molar-refractivity contribution in [2.24, 2.45) is 5.92 Å². The zero-order chi connectivity index (χ0) is 13.8. The second-order valence-electron chi connectivity index (χ2n) is 5.49. The van der Waals surface area contributed by atoms with Crippen LogP contribution in [0.15, 0.2) is 24.3 Å². The second kappa shape index (κ2) is 5.95. The molecule has 1 aromatic carbocycles. The first kappa shape index (κ1) is 13.7. The molecule has 1 aliphatic heterocycles. The Bertz CT molecular complexity index is 447. The molecule has 1 heterocycles. The van der Waals surface area contributed by atoms with Crippen LogP contribution in [0, 0.1) is 5.92 Å². The van der Waals surface area contributed by atoms with Crippen LogP contribution in [0.4, 0.5) is 10.5 Å². The number of piperidine rings is 1. The summed E-state index contributed by atoms with van der Waals surface area (Å²) in [4.78, 5) is 14.1. The van der Waals surface area contributed by atoms with Crippen molar-refractivity contribution in [1.29, 1.82) is 0 Å². The number of benzene rings is 1. The molecule has 0 aliphatic carbocycles. The number of amides is 2. The average Bonchev–Trinajstić information content (AvgIpc) is 2.39. The highest BCUT2D eigenvalue weighted by atomic mass is 16.2. The molecule has 0 saturated carbocycles. The average molecular weight is 261 g/mol. The molecule has 2 amide bonds. The summed E-state index contributed by atoms with van der Waals surface area (Å²) in [5.74, 6) is 0.594. The van der Waals surface area contributed by atoms with E-state index < -0.39 is 0 Å². The van der Waals surface area contributed by atoms with Crippen LogP contribution < -0.4 is 11.1 Å². The molecular weight excluding hydrogens is 238 g/mol. The van der Waals surface area contributed by atoms with Gasteiger partial charge in [-0.2, -0.15) is 0 Å². The number of rotatable bonds is 2. The lowest BCUT2D eigenvalue weighted by molar-refractivity contribution is 0.167. The summed E-state index contributed by atoms with van der Waals surface area (Å²) in [6, 6.07) is 7.62. The minimum atomic E-state index is -0.0640. The summed E-state index contributed by atoms with van der Waals surface area (Å²) in [5.41, 5.74) is 7.63. The number of hydrogen-bond acceptors (Lipinski definition) is 2. The summed E-state index contributed by atoms with van der Waals surface area (Å²) in [7, 11) is 0. The van der Waals surface area contributed by atoms with E-state index in [0.29, 0.717) is 5.92 Å². The van der Waals surface area contributed by atoms with E-state index in [4.69, 9.17) is 5.73 Å². The van der Waals surface area contributed by atoms with Gasteiger partial charge in [0.25, 0.3) is 0 Å². The molecule has 4 nitrogen and oxygen atoms in total. The Kier molecular flexibility index (Phi) is 4.30. The van der Waals surface area contributed by atoms with E-state index in [1.807, 2.05) is 36.1 Å². The molecule has 4 heteroatoms. The number of nitrogens with two attached hydrogens (primary N) is 1. The van der Waals surface area contributed by atoms with Gasteiger partial charge in [-0.15, -0.1) is 0 Å². The highest BCUT2D eigenvalue weighted by Gasteiger charge is 2.22. The van der Waals surface area contributed by atoms with E-state index in [2.05, 4.69) is 12.2 Å². The fourth-order valence-electron chi connectivity index (χ4n) is 2.63. The number of nitrogens with one attached hydrogen (secondary N) is 1. The number of hydrogen-bond donors (Lipinski definition) is 2. The van der Waals surface area contributed by atoms with Gasteiger partial charge in [0.05, 0.1) is 6.04 Å². The van der Waals surface area contributed by atoms with Gasteiger partial charge in [0.2, 0.25) is 0 Å². The molecule has 3 N–H and O–H groups in total. The largest absolute Gasteiger partial charge is 0.398 e. The van der Waals surface area contributed by atoms with E-state index in [0.717, 1.165) is 30.8 Å². The molecule has 1 saturated heterocycles. The molecule has 0 aromatic heterocycles. The van der Waals surface area contributed by atoms with Crippen LogP contribution in [-0.4, -0.2) is 24.0 Å². The minimum Gasteiger partial charge on any atom is -0.398 e. The maximum absolute atomic E-state index is 12.2. The topological polar surface area (TPSA) is 58.4 Å². The summed E-state index contributed by atoms with van der Waals surface area (Å²) in [6.07, 6.45) is 2.31. The molecule has 1 aromatic rings. The van der Waals surface area contributed by atoms with Crippen LogP contribution in [0.5, 0.6) is 0 Å². The number of para-hydroxylation sites is 1. The molecule has 0 spiro atoms. The molecule has 1 fully saturated rings. The van der Waals surface area contributed by atoms with Crippen molar-refractivity contribution in [2.75, 3.05) is 18.8 Å². The van der Waals surface area contributed by atoms with E-state index in [-0.39, 0.29) is 12.1 Å². The Labute approximate surface area is 115 Å². The number of nitrogen functional groups attached to an aromatic ring is 1. The fraction of sp³-hybridized carbons (Fsp3) is 0.533. The van der Waals surface area contributed by atoms with Crippen LogP contribution in [0.25, 0.3) is 0 Å². The van der Waals surface area contributed by atoms with Gasteiger partial charge in [0.15, 0.2) is 0 Å². The Morgan fingerprint density at radius 3 is 2.89 bits per heavy atom. The van der Waals surface area contributed by atoms with Crippen LogP contribution in [0.3, 0.4) is 0 Å². The normalized spacial score (nSPS) is 20.9. The number of anilines is 1. The van der Waals surface area contributed by atoms with Crippen molar-refractivity contribution in [3.05, 3.63) is 29.8 Å². The zero-order valence-corrected chi connectivity index (χ0v) is 11.7. The fourth-order valence-corrected chi connectivity index (χ4v) is 2.63. The lowest BCUT2D eigenvalue weighted by atomic mass is 10.0. The van der Waals surface area contributed by atoms with Crippen LogP contribution in [0.1, 0.15) is 38.3 Å². The molecule has 104 valence electrons. The summed E-state index contributed by atoms with van der Waals surface area (Å²) in [5, 5.41) is 3.03. The van der Waals surface area contributed by atoms with Crippen molar-refractivity contribution < 1.29 is 4.79 Å². The SMILES string of the molecule is CC1CCCN(C(=O)NC(C)c2ccccc2N)C1. The smallest absolute Gasteiger partial charge is 0.317 e. The Balaban J connectivity index is 1.97. The van der Waals surface area contributed by atoms with Crippen molar-refractivity contribution in [3.8, 4) is 0 Å². The van der Waals surface area contributed by atoms with Gasteiger partial charge in [-0.25, -0.2) is 4.79 Å². The van der Waals surface area contributed by atoms with Gasteiger partial charge in [0, 0.05) is 18.8 Å². The Morgan fingerprint density at radius 1 is 1.47 bits per heavy atom. The van der Waals surface area contributed by atoms with Gasteiger partial charge in [-0.1, -0.05) is 25.1 Å². The van der Waals surface area contributed by atoms with Gasteiger partial charge >= 0.3 is 6.03 Å². The summed E-state index contributed by atoms with van der Waals surface area (Å²) >= 11 is 0. The highest BCUT2D eigenvalue weighted by molar-refractivity contribution is 5.75. The first-order valence-electron chi connectivity index (χ1n) is 6.97. The van der Waals surface area contributed by atoms with Crippen molar-refractivity contribution in [3.63, 3.8) is 0 Å². The number of likely N-dealkylation sites (tertiary alicyclic amines) is 1. The molecule has 2 unspecified atom stereocenters. The molecule has 1 aliphatic rings. The standard InChI is InChI=1S/C15H23N3O/c1-11-6-5-9-18(10-11)15(19)17-12(2)13-7-3-4-8-14(13)16/h3-4,7-8,11-12H,5-6,9-10,16H2,1-2H3,(H,17,19). The highest BCUT2D eigenvalue weighted by Crippen LogP contribution is 2.21. The number of carbonyl (C=O) groups is 1. The molecular formula is C15H23N3O. The third-order valence-corrected chi connectivity index (χ3v) is 3.75. The van der Waals surface area contributed by atoms with Crippen molar-refractivity contribution in [2.45, 2.75) is 32.7 Å². The van der Waals surface area contributed by atoms with E-state index in [1.165, 1.54) is 6.42 Å². The monoisotopic (exact) mass is 261 g/mol. The van der Waals surface area contributed by atoms with Crippen LogP contribution >= 0.6 is 0 Å². The second-order valence-corrected chi connectivity index (χ2v) is 5.49. The Morgan fingerprint density at radius 2 is 2.21 bits per heavy atom. The first-order chi connectivity index (χ1) is 9.08. The number of carbonyl (C=O) groups excluding carboxylic acids is 1. The van der Waals surface area contributed by atoms with Gasteiger partial charge in [-0.3, -0.25) is 0 Å². The number of urea groups is 1. The van der Waals surface area contributed by atoms with Gasteiger partial charge in [0.1, 0.15) is 0 Å². The third kappa shape index (κ3) is 3.40. The zero-order valence-electron chi connectivity index (χ0n) is 11.7. The Hall–Kier alpha value is -1.71. The van der Waals surface area contributed by atoms with Crippen molar-refractivity contribution >= 4 is 11.7 Å². The van der Waals surface area contributed by atoms with E-state index in [1.54, 1.807) is 0 Å². The van der Waals surface area contributed by atoms with Gasteiger partial charge < -0.3 is 16.0 Å². The van der Waals surface area contributed by atoms with Crippen LogP contribution in [-0.2, 0) is 0 Å². The lowest BCUT2D eigenvalue weighted by Crippen LogP contribution is -2.45. The summed E-state index contributed by atoms with van der Waals surface area (Å²) < 4.78 is 0. The first-order valence-corrected chi connectivity index (χ1v) is 6.97. The summed E-state index contributed by atoms with van der Waals surface area (Å²) in [6.45, 7) is 5.87. The molecule has 0 radical (unpaired) electrons. The van der Waals surface area contributed by atoms with E-state index in [9.17, 15) is 4.79 Å². The maximum atomic E-state index is 12.2. The van der Waals surface area contributed by atoms with E-state index >= 15 is 0 Å². The predicted octanol–water partition coefficient (Wildman–Crippen LogP) is 2.77. The number of nitrogens with zero attached hydrogens (tertiary/aromatic N) is 1. The minimum absolute atomic E-state index is 0.0160. The van der Waals surface area contributed by atoms with Crippen molar-refractivity contribution in [1.82, 2.24) is 10.2 Å². The molecule has 2 rings (SSSR count). The lowest BCUT2D eigenvalue weighted by Gasteiger charge is -2.32. The maximum Gasteiger partial charge on any atom is 0.317 e. The van der Waals surface area contributed by atoms with Crippen LogP contribution in [0.2, 0.25) is 0 Å². The molecule has 19 heavy (non-hydrogen) atoms. The quantitative estimate of drug-likeness (QED) is 0.804. The predicted molar refractivity (Wildman–Crippen MR) is 77.8 cm³/mol. The molecule has 0 bridgehead atoms. The van der Waals surface area contributed by atoms with Gasteiger partial charge in [-0.05, 0) is 37.3 Å². The molecule has 2 atom stereocenters. The third-order valence-electron chi connectivity index (χ3n) is 3.75.